The molecule has 1 saturated heterocycles. The molecule has 0 atom stereocenters. The molecule has 0 aliphatic carbocycles. The van der Waals surface area contributed by atoms with E-state index in [2.05, 4.69) is 60.3 Å². The molecule has 0 unspecified atom stereocenters. The Balaban J connectivity index is 1.89. The zero-order chi connectivity index (χ0) is 17.9. The maximum Gasteiger partial charge on any atom is 0.193 e. The van der Waals surface area contributed by atoms with Crippen LogP contribution < -0.4 is 5.32 Å². The Morgan fingerprint density at radius 1 is 1.16 bits per heavy atom. The summed E-state index contributed by atoms with van der Waals surface area (Å²) in [5, 5.41) is 3.38. The van der Waals surface area contributed by atoms with Crippen LogP contribution in [0.25, 0.3) is 0 Å². The Morgan fingerprint density at radius 2 is 1.84 bits per heavy atom. The van der Waals surface area contributed by atoms with Crippen LogP contribution in [-0.2, 0) is 17.8 Å². The minimum absolute atomic E-state index is 0.719. The zero-order valence-corrected chi connectivity index (χ0v) is 16.1. The summed E-state index contributed by atoms with van der Waals surface area (Å²) in [5.74, 6) is 0.994. The topological polar surface area (TPSA) is 40.1 Å². The van der Waals surface area contributed by atoms with Crippen LogP contribution in [-0.4, -0.2) is 62.2 Å². The van der Waals surface area contributed by atoms with Crippen LogP contribution in [0.5, 0.6) is 0 Å². The molecular weight excluding hydrogens is 312 g/mol. The fraction of sp³-hybridized carbons (Fsp3) is 0.650. The molecule has 0 bridgehead atoms. The summed E-state index contributed by atoms with van der Waals surface area (Å²) in [5.41, 5.74) is 2.62. The van der Waals surface area contributed by atoms with Gasteiger partial charge < -0.3 is 15.0 Å². The highest BCUT2D eigenvalue weighted by atomic mass is 16.5. The molecule has 25 heavy (non-hydrogen) atoms. The number of benzene rings is 1. The number of rotatable bonds is 8. The molecule has 0 saturated carbocycles. The third-order valence-corrected chi connectivity index (χ3v) is 4.49. The maximum atomic E-state index is 5.41. The molecule has 0 aromatic heterocycles. The fourth-order valence-electron chi connectivity index (χ4n) is 2.90. The van der Waals surface area contributed by atoms with Gasteiger partial charge in [-0.15, -0.1) is 0 Å². The number of nitrogens with zero attached hydrogens (tertiary/aromatic N) is 3. The van der Waals surface area contributed by atoms with E-state index in [0.717, 1.165) is 58.4 Å². The molecule has 1 aliphatic rings. The van der Waals surface area contributed by atoms with Crippen LogP contribution in [0.15, 0.2) is 29.3 Å². The number of morpholine rings is 1. The predicted octanol–water partition coefficient (Wildman–Crippen LogP) is 2.72. The van der Waals surface area contributed by atoms with Gasteiger partial charge in [-0.3, -0.25) is 4.90 Å². The molecule has 2 rings (SSSR count). The standard InChI is InChI=1S/C20H34N4O/c1-4-6-11-23(3)20(21-5-2)22-16-18-7-9-19(10-8-18)17-24-12-14-25-15-13-24/h7-10H,4-6,11-17H2,1-3H3,(H,21,22). The lowest BCUT2D eigenvalue weighted by Gasteiger charge is -2.26. The summed E-state index contributed by atoms with van der Waals surface area (Å²) in [6, 6.07) is 8.87. The fourth-order valence-corrected chi connectivity index (χ4v) is 2.90. The van der Waals surface area contributed by atoms with E-state index in [1.165, 1.54) is 24.0 Å². The largest absolute Gasteiger partial charge is 0.379 e. The Hall–Kier alpha value is -1.59. The van der Waals surface area contributed by atoms with E-state index < -0.39 is 0 Å². The van der Waals surface area contributed by atoms with Crippen molar-refractivity contribution < 1.29 is 4.74 Å². The van der Waals surface area contributed by atoms with E-state index in [1.807, 2.05) is 0 Å². The lowest BCUT2D eigenvalue weighted by molar-refractivity contribution is 0.0342. The van der Waals surface area contributed by atoms with Gasteiger partial charge in [-0.2, -0.15) is 0 Å². The number of guanidine groups is 1. The predicted molar refractivity (Wildman–Crippen MR) is 105 cm³/mol. The molecule has 140 valence electrons. The van der Waals surface area contributed by atoms with Gasteiger partial charge in [-0.25, -0.2) is 4.99 Å². The number of nitrogens with one attached hydrogen (secondary N) is 1. The quantitative estimate of drug-likeness (QED) is 0.580. The second-order valence-electron chi connectivity index (χ2n) is 6.65. The highest BCUT2D eigenvalue weighted by Crippen LogP contribution is 2.10. The lowest BCUT2D eigenvalue weighted by atomic mass is 10.1. The van der Waals surface area contributed by atoms with Crippen LogP contribution in [0, 0.1) is 0 Å². The first-order valence-corrected chi connectivity index (χ1v) is 9.60. The molecule has 1 aromatic rings. The minimum Gasteiger partial charge on any atom is -0.379 e. The van der Waals surface area contributed by atoms with E-state index in [9.17, 15) is 0 Å². The van der Waals surface area contributed by atoms with Gasteiger partial charge in [0.1, 0.15) is 0 Å². The third-order valence-electron chi connectivity index (χ3n) is 4.49. The van der Waals surface area contributed by atoms with Crippen molar-refractivity contribution in [1.29, 1.82) is 0 Å². The van der Waals surface area contributed by atoms with E-state index in [0.29, 0.717) is 0 Å². The minimum atomic E-state index is 0.719. The van der Waals surface area contributed by atoms with E-state index in [1.54, 1.807) is 0 Å². The number of aliphatic imine (C=N–C) groups is 1. The van der Waals surface area contributed by atoms with Crippen molar-refractivity contribution in [3.8, 4) is 0 Å². The molecular formula is C20H34N4O. The van der Waals surface area contributed by atoms with Crippen molar-refractivity contribution in [2.75, 3.05) is 46.4 Å². The second-order valence-corrected chi connectivity index (χ2v) is 6.65. The molecule has 1 N–H and O–H groups in total. The van der Waals surface area contributed by atoms with Crippen molar-refractivity contribution in [3.05, 3.63) is 35.4 Å². The molecule has 0 spiro atoms. The van der Waals surface area contributed by atoms with Gasteiger partial charge in [-0.05, 0) is 24.5 Å². The first-order chi connectivity index (χ1) is 12.2. The summed E-state index contributed by atoms with van der Waals surface area (Å²) in [6.07, 6.45) is 2.39. The molecule has 1 fully saturated rings. The Labute approximate surface area is 153 Å². The molecule has 0 amide bonds. The van der Waals surface area contributed by atoms with Crippen molar-refractivity contribution >= 4 is 5.96 Å². The van der Waals surface area contributed by atoms with Gasteiger partial charge in [0.15, 0.2) is 5.96 Å². The van der Waals surface area contributed by atoms with Crippen LogP contribution in [0.1, 0.15) is 37.8 Å². The Kier molecular flexibility index (Phi) is 8.77. The van der Waals surface area contributed by atoms with Crippen LogP contribution in [0.4, 0.5) is 0 Å². The lowest BCUT2D eigenvalue weighted by Crippen LogP contribution is -2.39. The van der Waals surface area contributed by atoms with Crippen LogP contribution in [0.2, 0.25) is 0 Å². The average molecular weight is 347 g/mol. The van der Waals surface area contributed by atoms with Gasteiger partial charge in [0, 0.05) is 39.8 Å². The summed E-state index contributed by atoms with van der Waals surface area (Å²) >= 11 is 0. The number of hydrogen-bond acceptors (Lipinski definition) is 3. The first kappa shape index (κ1) is 19.7. The van der Waals surface area contributed by atoms with Crippen molar-refractivity contribution in [2.24, 2.45) is 4.99 Å². The number of ether oxygens (including phenoxy) is 1. The highest BCUT2D eigenvalue weighted by molar-refractivity contribution is 5.79. The maximum absolute atomic E-state index is 5.41. The highest BCUT2D eigenvalue weighted by Gasteiger charge is 2.10. The number of hydrogen-bond donors (Lipinski definition) is 1. The van der Waals surface area contributed by atoms with Crippen LogP contribution in [0.3, 0.4) is 0 Å². The molecule has 5 nitrogen and oxygen atoms in total. The molecule has 1 heterocycles. The van der Waals surface area contributed by atoms with Crippen molar-refractivity contribution in [1.82, 2.24) is 15.1 Å². The molecule has 1 aromatic carbocycles. The summed E-state index contributed by atoms with van der Waals surface area (Å²) < 4.78 is 5.41. The average Bonchev–Trinajstić information content (AvgIpc) is 2.65. The molecule has 5 heteroatoms. The smallest absolute Gasteiger partial charge is 0.193 e. The number of unbranched alkanes of at least 4 members (excludes halogenated alkanes) is 1. The Morgan fingerprint density at radius 3 is 2.48 bits per heavy atom. The van der Waals surface area contributed by atoms with Crippen molar-refractivity contribution in [2.45, 2.75) is 39.8 Å². The SMILES string of the molecule is CCCCN(C)C(=NCc1ccc(CN2CCOCC2)cc1)NCC. The van der Waals surface area contributed by atoms with Gasteiger partial charge in [-0.1, -0.05) is 37.6 Å². The third kappa shape index (κ3) is 7.04. The van der Waals surface area contributed by atoms with Gasteiger partial charge in [0.05, 0.1) is 19.8 Å². The van der Waals surface area contributed by atoms with Crippen molar-refractivity contribution in [3.63, 3.8) is 0 Å². The van der Waals surface area contributed by atoms with E-state index in [-0.39, 0.29) is 0 Å². The van der Waals surface area contributed by atoms with E-state index in [4.69, 9.17) is 9.73 Å². The summed E-state index contributed by atoms with van der Waals surface area (Å²) in [4.78, 5) is 9.46. The monoisotopic (exact) mass is 346 g/mol. The van der Waals surface area contributed by atoms with E-state index >= 15 is 0 Å². The van der Waals surface area contributed by atoms with Gasteiger partial charge in [0.2, 0.25) is 0 Å². The second kappa shape index (κ2) is 11.1. The molecule has 1 aliphatic heterocycles. The zero-order valence-electron chi connectivity index (χ0n) is 16.1. The first-order valence-electron chi connectivity index (χ1n) is 9.60. The van der Waals surface area contributed by atoms with Gasteiger partial charge in [0.25, 0.3) is 0 Å². The summed E-state index contributed by atoms with van der Waals surface area (Å²) in [7, 11) is 2.11. The van der Waals surface area contributed by atoms with Crippen LogP contribution >= 0.6 is 0 Å². The summed E-state index contributed by atoms with van der Waals surface area (Å²) in [6.45, 7) is 11.8. The van der Waals surface area contributed by atoms with Gasteiger partial charge >= 0.3 is 0 Å². The Bertz CT molecular complexity index is 509. The normalized spacial score (nSPS) is 16.0. The molecule has 0 radical (unpaired) electrons.